The van der Waals surface area contributed by atoms with Crippen LogP contribution in [0.5, 0.6) is 5.75 Å². The van der Waals surface area contributed by atoms with Gasteiger partial charge in [0.2, 0.25) is 0 Å². The molecule has 0 unspecified atom stereocenters. The monoisotopic (exact) mass is 245 g/mol. The number of methoxy groups -OCH3 is 1. The van der Waals surface area contributed by atoms with Crippen LogP contribution in [0, 0.1) is 0 Å². The Morgan fingerprint density at radius 3 is 2.72 bits per heavy atom. The molecule has 0 atom stereocenters. The number of ether oxygens (including phenoxy) is 1. The fraction of sp³-hybridized carbons (Fsp3) is 0.375. The topological polar surface area (TPSA) is 12.5 Å². The number of hydrogen-bond donors (Lipinski definition) is 0. The molecule has 0 N–H and O–H groups in total. The first-order chi connectivity index (χ1) is 8.67. The van der Waals surface area contributed by atoms with Crippen molar-refractivity contribution < 1.29 is 4.74 Å². The number of hydrogen-bond acceptors (Lipinski definition) is 2. The molecular weight excluding hydrogens is 222 g/mol. The maximum atomic E-state index is 5.31. The summed E-state index contributed by atoms with van der Waals surface area (Å²) in [6.45, 7) is 11.1. The second-order valence-corrected chi connectivity index (χ2v) is 4.43. The van der Waals surface area contributed by atoms with Gasteiger partial charge in [-0.2, -0.15) is 0 Å². The highest BCUT2D eigenvalue weighted by Gasteiger charge is 2.00. The van der Waals surface area contributed by atoms with Gasteiger partial charge in [0.25, 0.3) is 0 Å². The van der Waals surface area contributed by atoms with Crippen LogP contribution in [-0.4, -0.2) is 31.6 Å². The summed E-state index contributed by atoms with van der Waals surface area (Å²) >= 11 is 0. The third-order valence-electron chi connectivity index (χ3n) is 2.74. The molecule has 0 radical (unpaired) electrons. The molecule has 0 bridgehead atoms. The number of para-hydroxylation sites is 1. The van der Waals surface area contributed by atoms with Gasteiger partial charge in [0.1, 0.15) is 5.75 Å². The summed E-state index contributed by atoms with van der Waals surface area (Å²) in [6, 6.07) is 8.04. The van der Waals surface area contributed by atoms with E-state index in [0.717, 1.165) is 30.9 Å². The molecule has 2 nitrogen and oxygen atoms in total. The first-order valence-electron chi connectivity index (χ1n) is 6.33. The Kier molecular flexibility index (Phi) is 6.23. The van der Waals surface area contributed by atoms with E-state index in [9.17, 15) is 0 Å². The number of nitrogens with zero attached hydrogens (tertiary/aromatic N) is 1. The van der Waals surface area contributed by atoms with Crippen LogP contribution in [0.4, 0.5) is 0 Å². The first-order valence-corrected chi connectivity index (χ1v) is 6.33. The van der Waals surface area contributed by atoms with Gasteiger partial charge in [-0.25, -0.2) is 0 Å². The number of benzene rings is 1. The van der Waals surface area contributed by atoms with E-state index in [0.29, 0.717) is 0 Å². The lowest BCUT2D eigenvalue weighted by Gasteiger charge is -2.18. The molecule has 1 aromatic carbocycles. The zero-order valence-electron chi connectivity index (χ0n) is 11.6. The SMILES string of the molecule is C=C(C)CN(CC)C/C=C/c1ccccc1OC. The average molecular weight is 245 g/mol. The highest BCUT2D eigenvalue weighted by Crippen LogP contribution is 2.18. The van der Waals surface area contributed by atoms with Gasteiger partial charge in [0, 0.05) is 18.7 Å². The molecular formula is C16H23NO. The maximum absolute atomic E-state index is 5.31. The molecule has 1 rings (SSSR count). The van der Waals surface area contributed by atoms with Gasteiger partial charge in [-0.3, -0.25) is 4.90 Å². The van der Waals surface area contributed by atoms with Crippen LogP contribution in [0.25, 0.3) is 6.08 Å². The van der Waals surface area contributed by atoms with Crippen molar-refractivity contribution >= 4 is 6.08 Å². The standard InChI is InChI=1S/C16H23NO/c1-5-17(13-14(2)3)12-8-10-15-9-6-7-11-16(15)18-4/h6-11H,2,5,12-13H2,1,3-4H3/b10-8+. The molecule has 0 heterocycles. The van der Waals surface area contributed by atoms with Crippen molar-refractivity contribution in [3.8, 4) is 5.75 Å². The van der Waals surface area contributed by atoms with Crippen LogP contribution in [-0.2, 0) is 0 Å². The quantitative estimate of drug-likeness (QED) is 0.680. The molecule has 0 aromatic heterocycles. The summed E-state index contributed by atoms with van der Waals surface area (Å²) in [4.78, 5) is 2.34. The van der Waals surface area contributed by atoms with Crippen LogP contribution in [0.2, 0.25) is 0 Å². The predicted octanol–water partition coefficient (Wildman–Crippen LogP) is 3.61. The third kappa shape index (κ3) is 4.76. The van der Waals surface area contributed by atoms with Crippen molar-refractivity contribution in [2.45, 2.75) is 13.8 Å². The minimum Gasteiger partial charge on any atom is -0.496 e. The molecule has 0 fully saturated rings. The summed E-state index contributed by atoms with van der Waals surface area (Å²) in [5, 5.41) is 0. The summed E-state index contributed by atoms with van der Waals surface area (Å²) < 4.78 is 5.31. The molecule has 0 saturated heterocycles. The summed E-state index contributed by atoms with van der Waals surface area (Å²) in [7, 11) is 1.70. The average Bonchev–Trinajstić information content (AvgIpc) is 2.37. The molecule has 0 aliphatic rings. The lowest BCUT2D eigenvalue weighted by atomic mass is 10.2. The molecule has 0 saturated carbocycles. The van der Waals surface area contributed by atoms with Gasteiger partial charge in [0.15, 0.2) is 0 Å². The van der Waals surface area contributed by atoms with Gasteiger partial charge in [-0.05, 0) is 19.5 Å². The van der Waals surface area contributed by atoms with Crippen molar-refractivity contribution in [1.29, 1.82) is 0 Å². The number of likely N-dealkylation sites (N-methyl/N-ethyl adjacent to an activating group) is 1. The normalized spacial score (nSPS) is 11.1. The van der Waals surface area contributed by atoms with Crippen LogP contribution >= 0.6 is 0 Å². The lowest BCUT2D eigenvalue weighted by molar-refractivity contribution is 0.347. The van der Waals surface area contributed by atoms with E-state index in [2.05, 4.69) is 43.5 Å². The Labute approximate surface area is 111 Å². The van der Waals surface area contributed by atoms with E-state index < -0.39 is 0 Å². The largest absolute Gasteiger partial charge is 0.496 e. The first kappa shape index (κ1) is 14.5. The number of rotatable bonds is 7. The predicted molar refractivity (Wildman–Crippen MR) is 79.0 cm³/mol. The van der Waals surface area contributed by atoms with E-state index in [-0.39, 0.29) is 0 Å². The van der Waals surface area contributed by atoms with E-state index in [1.54, 1.807) is 7.11 Å². The molecule has 2 heteroatoms. The van der Waals surface area contributed by atoms with Crippen molar-refractivity contribution in [1.82, 2.24) is 4.90 Å². The van der Waals surface area contributed by atoms with E-state index in [1.165, 1.54) is 5.57 Å². The van der Waals surface area contributed by atoms with Crippen molar-refractivity contribution in [2.24, 2.45) is 0 Å². The maximum Gasteiger partial charge on any atom is 0.126 e. The molecule has 0 aliphatic heterocycles. The fourth-order valence-corrected chi connectivity index (χ4v) is 1.82. The van der Waals surface area contributed by atoms with Gasteiger partial charge >= 0.3 is 0 Å². The Balaban J connectivity index is 2.60. The van der Waals surface area contributed by atoms with E-state index in [4.69, 9.17) is 4.74 Å². The summed E-state index contributed by atoms with van der Waals surface area (Å²) in [5.41, 5.74) is 2.31. The summed E-state index contributed by atoms with van der Waals surface area (Å²) in [5.74, 6) is 0.914. The Morgan fingerprint density at radius 1 is 1.39 bits per heavy atom. The third-order valence-corrected chi connectivity index (χ3v) is 2.74. The van der Waals surface area contributed by atoms with Crippen LogP contribution in [0.1, 0.15) is 19.4 Å². The minimum atomic E-state index is 0.914. The van der Waals surface area contributed by atoms with Gasteiger partial charge in [0.05, 0.1) is 7.11 Å². The Morgan fingerprint density at radius 2 is 2.11 bits per heavy atom. The lowest BCUT2D eigenvalue weighted by Crippen LogP contribution is -2.24. The van der Waals surface area contributed by atoms with E-state index in [1.807, 2.05) is 18.2 Å². The second-order valence-electron chi connectivity index (χ2n) is 4.43. The molecule has 1 aromatic rings. The van der Waals surface area contributed by atoms with Crippen LogP contribution in [0.15, 0.2) is 42.5 Å². The van der Waals surface area contributed by atoms with Gasteiger partial charge < -0.3 is 4.74 Å². The van der Waals surface area contributed by atoms with Gasteiger partial charge in [-0.1, -0.05) is 49.4 Å². The smallest absolute Gasteiger partial charge is 0.126 e. The molecule has 98 valence electrons. The second kappa shape index (κ2) is 7.72. The van der Waals surface area contributed by atoms with Crippen molar-refractivity contribution in [3.05, 3.63) is 48.1 Å². The minimum absolute atomic E-state index is 0.914. The zero-order chi connectivity index (χ0) is 13.4. The van der Waals surface area contributed by atoms with Crippen LogP contribution < -0.4 is 4.74 Å². The Hall–Kier alpha value is -1.54. The summed E-state index contributed by atoms with van der Waals surface area (Å²) in [6.07, 6.45) is 4.28. The Bertz CT molecular complexity index is 409. The van der Waals surface area contributed by atoms with Crippen LogP contribution in [0.3, 0.4) is 0 Å². The highest BCUT2D eigenvalue weighted by atomic mass is 16.5. The molecule has 0 amide bonds. The zero-order valence-corrected chi connectivity index (χ0v) is 11.6. The molecule has 18 heavy (non-hydrogen) atoms. The molecule has 0 spiro atoms. The molecule has 0 aliphatic carbocycles. The van der Waals surface area contributed by atoms with Crippen molar-refractivity contribution in [3.63, 3.8) is 0 Å². The van der Waals surface area contributed by atoms with Crippen molar-refractivity contribution in [2.75, 3.05) is 26.7 Å². The fourth-order valence-electron chi connectivity index (χ4n) is 1.82. The van der Waals surface area contributed by atoms with E-state index >= 15 is 0 Å². The highest BCUT2D eigenvalue weighted by molar-refractivity contribution is 5.57. The van der Waals surface area contributed by atoms with Gasteiger partial charge in [-0.15, -0.1) is 0 Å².